The van der Waals surface area contributed by atoms with Crippen LogP contribution in [0.3, 0.4) is 0 Å². The van der Waals surface area contributed by atoms with E-state index in [1.807, 2.05) is 0 Å². The van der Waals surface area contributed by atoms with Gasteiger partial charge in [0, 0.05) is 44.8 Å². The Balaban J connectivity index is 2.36. The first kappa shape index (κ1) is 50.2. The quantitative estimate of drug-likeness (QED) is 0.0134. The van der Waals surface area contributed by atoms with Crippen molar-refractivity contribution in [3.05, 3.63) is 64.0 Å². The second-order valence-electron chi connectivity index (χ2n) is 13.8. The van der Waals surface area contributed by atoms with Crippen LogP contribution in [-0.4, -0.2) is 124 Å². The number of guanidine groups is 1. The Morgan fingerprint density at radius 3 is 1.98 bits per heavy atom. The summed E-state index contributed by atoms with van der Waals surface area (Å²) in [7, 11) is 0. The predicted octanol–water partition coefficient (Wildman–Crippen LogP) is -3.91. The van der Waals surface area contributed by atoms with Gasteiger partial charge in [-0.1, -0.05) is 12.1 Å². The summed E-state index contributed by atoms with van der Waals surface area (Å²) in [5, 5.41) is 45.8. The van der Waals surface area contributed by atoms with Crippen molar-refractivity contribution in [1.29, 1.82) is 0 Å². The van der Waals surface area contributed by atoms with Crippen molar-refractivity contribution in [1.82, 2.24) is 36.9 Å². The summed E-state index contributed by atoms with van der Waals surface area (Å²) in [6.45, 7) is 0.225. The number of nitrogens with two attached hydrogens (primary N) is 4. The van der Waals surface area contributed by atoms with Crippen LogP contribution in [0.5, 0.6) is 5.75 Å². The monoisotopic (exact) mass is 857 g/mol. The molecular weight excluding hydrogens is 802 g/mol. The van der Waals surface area contributed by atoms with E-state index in [1.54, 1.807) is 12.1 Å². The Hall–Kier alpha value is -6.95. The fourth-order valence-corrected chi connectivity index (χ4v) is 5.76. The number of hydrogen-bond acceptors (Lipinski definition) is 14. The average Bonchev–Trinajstić information content (AvgIpc) is 3.20. The molecule has 0 saturated heterocycles. The van der Waals surface area contributed by atoms with Gasteiger partial charge in [-0.3, -0.25) is 53.7 Å². The molecule has 24 heteroatoms. The van der Waals surface area contributed by atoms with Crippen LogP contribution in [0.4, 0.5) is 5.69 Å². The van der Waals surface area contributed by atoms with Gasteiger partial charge >= 0.3 is 5.69 Å². The molecule has 24 nitrogen and oxygen atoms in total. The van der Waals surface area contributed by atoms with Gasteiger partial charge in [0.1, 0.15) is 30.2 Å². The molecule has 1 heterocycles. The van der Waals surface area contributed by atoms with Gasteiger partial charge in [0.2, 0.25) is 41.4 Å². The Bertz CT molecular complexity index is 1860. The molecule has 0 aliphatic carbocycles. The number of aliphatic hydroxyl groups is 1. The zero-order chi connectivity index (χ0) is 45.5. The van der Waals surface area contributed by atoms with E-state index >= 15 is 0 Å². The number of rotatable bonds is 27. The first-order valence-electron chi connectivity index (χ1n) is 19.2. The molecule has 334 valence electrons. The SMILES string of the molecule is CC(=O)N[C@@H](CO)C(=O)N[C@@H](CCCCN)C(=O)NCC(=O)N[C@@H](Cc1cccnc1)C(=O)N[C@@H](Cc1ccc(O)c([N+](=O)[O-])c1)C(=O)N[C@@H](CCCCN=C(N)N)C(N)=O. The Labute approximate surface area is 350 Å². The van der Waals surface area contributed by atoms with Crippen LogP contribution in [0.15, 0.2) is 47.7 Å². The molecule has 0 bridgehead atoms. The van der Waals surface area contributed by atoms with E-state index < -0.39 is 107 Å². The summed E-state index contributed by atoms with van der Waals surface area (Å²) in [6.07, 6.45) is 4.14. The van der Waals surface area contributed by atoms with Crippen molar-refractivity contribution in [2.75, 3.05) is 26.2 Å². The van der Waals surface area contributed by atoms with Gasteiger partial charge in [0.25, 0.3) is 0 Å². The van der Waals surface area contributed by atoms with Gasteiger partial charge in [-0.15, -0.1) is 0 Å². The van der Waals surface area contributed by atoms with Crippen molar-refractivity contribution in [3.8, 4) is 5.75 Å². The number of aromatic hydroxyl groups is 1. The topological polar surface area (TPSA) is 405 Å². The maximum absolute atomic E-state index is 14.0. The van der Waals surface area contributed by atoms with E-state index in [4.69, 9.17) is 22.9 Å². The van der Waals surface area contributed by atoms with E-state index in [0.717, 1.165) is 19.1 Å². The number of pyridine rings is 1. The number of nitro groups is 1. The first-order chi connectivity index (χ1) is 28.9. The minimum Gasteiger partial charge on any atom is -0.502 e. The van der Waals surface area contributed by atoms with Crippen LogP contribution in [0.25, 0.3) is 0 Å². The molecule has 0 saturated carbocycles. The highest BCUT2D eigenvalue weighted by Gasteiger charge is 2.31. The minimum absolute atomic E-state index is 0.0622. The summed E-state index contributed by atoms with van der Waals surface area (Å²) in [6, 6.07) is -0.225. The van der Waals surface area contributed by atoms with Crippen LogP contribution in [0, 0.1) is 10.1 Å². The smallest absolute Gasteiger partial charge is 0.310 e. The van der Waals surface area contributed by atoms with Gasteiger partial charge in [-0.25, -0.2) is 0 Å². The average molecular weight is 858 g/mol. The molecule has 0 radical (unpaired) electrons. The molecule has 61 heavy (non-hydrogen) atoms. The standard InChI is InChI=1S/C37H55N13O11/c1-21(52)45-28(20-51)36(59)48-25(9-2-4-12-38)33(56)44-19-31(54)46-26(16-23-7-6-13-42-18-23)34(57)49-27(15-22-10-11-30(53)29(17-22)50(60)61)35(58)47-24(32(39)55)8-3-5-14-43-37(40)41/h6-7,10-11,13,17-18,24-28,51,53H,2-5,8-9,12,14-16,19-20,38H2,1H3,(H2,39,55)(H,44,56)(H,45,52)(H,46,54)(H,47,58)(H,48,59)(H,49,57)(H4,40,41,43)/t24-,25-,26-,27-,28-/m0/s1. The van der Waals surface area contributed by atoms with Crippen molar-refractivity contribution in [2.45, 2.75) is 88.5 Å². The third-order valence-corrected chi connectivity index (χ3v) is 8.86. The lowest BCUT2D eigenvalue weighted by Gasteiger charge is -2.25. The largest absolute Gasteiger partial charge is 0.502 e. The molecule has 2 rings (SSSR count). The Morgan fingerprint density at radius 2 is 1.39 bits per heavy atom. The number of phenols is 1. The van der Waals surface area contributed by atoms with E-state index in [0.29, 0.717) is 37.8 Å². The first-order valence-corrected chi connectivity index (χ1v) is 19.2. The molecule has 0 spiro atoms. The van der Waals surface area contributed by atoms with Crippen molar-refractivity contribution in [3.63, 3.8) is 0 Å². The maximum Gasteiger partial charge on any atom is 0.310 e. The number of hydrogen-bond donors (Lipinski definition) is 12. The fraction of sp³-hybridized carbons (Fsp3) is 0.486. The van der Waals surface area contributed by atoms with E-state index in [-0.39, 0.29) is 37.3 Å². The number of carbonyl (C=O) groups excluding carboxylic acids is 7. The summed E-state index contributed by atoms with van der Waals surface area (Å²) in [4.78, 5) is 110. The number of nitrogens with zero attached hydrogens (tertiary/aromatic N) is 3. The number of amides is 7. The number of phenolic OH excluding ortho intramolecular Hbond substituents is 1. The lowest BCUT2D eigenvalue weighted by atomic mass is 10.0. The summed E-state index contributed by atoms with van der Waals surface area (Å²) in [5.74, 6) is -6.64. The second-order valence-corrected chi connectivity index (χ2v) is 13.8. The number of carbonyl (C=O) groups is 7. The van der Waals surface area contributed by atoms with E-state index in [2.05, 4.69) is 41.9 Å². The Morgan fingerprint density at radius 1 is 0.787 bits per heavy atom. The van der Waals surface area contributed by atoms with E-state index in [1.165, 1.54) is 18.5 Å². The second kappa shape index (κ2) is 26.2. The molecule has 0 fully saturated rings. The third kappa shape index (κ3) is 18.7. The zero-order valence-corrected chi connectivity index (χ0v) is 33.6. The number of benzene rings is 1. The number of nitrogens with one attached hydrogen (secondary N) is 6. The molecule has 16 N–H and O–H groups in total. The summed E-state index contributed by atoms with van der Waals surface area (Å²) < 4.78 is 0. The fourth-order valence-electron chi connectivity index (χ4n) is 5.76. The normalized spacial score (nSPS) is 13.2. The van der Waals surface area contributed by atoms with Crippen molar-refractivity contribution in [2.24, 2.45) is 27.9 Å². The van der Waals surface area contributed by atoms with Crippen LogP contribution in [-0.2, 0) is 46.4 Å². The number of aliphatic imine (C=N–C) groups is 1. The zero-order valence-electron chi connectivity index (χ0n) is 33.6. The van der Waals surface area contributed by atoms with Crippen molar-refractivity contribution < 1.29 is 48.7 Å². The number of aromatic nitrogens is 1. The van der Waals surface area contributed by atoms with Crippen LogP contribution in [0.2, 0.25) is 0 Å². The highest BCUT2D eigenvalue weighted by atomic mass is 16.6. The van der Waals surface area contributed by atoms with Crippen LogP contribution >= 0.6 is 0 Å². The molecule has 7 amide bonds. The van der Waals surface area contributed by atoms with Crippen molar-refractivity contribution >= 4 is 53.0 Å². The molecule has 1 aromatic carbocycles. The number of unbranched alkanes of at least 4 members (excludes halogenated alkanes) is 2. The van der Waals surface area contributed by atoms with Gasteiger partial charge in [-0.2, -0.15) is 0 Å². The molecule has 5 atom stereocenters. The van der Waals surface area contributed by atoms with Crippen LogP contribution < -0.4 is 54.8 Å². The molecule has 0 aliphatic rings. The minimum atomic E-state index is -1.54. The van der Waals surface area contributed by atoms with Gasteiger partial charge in [-0.05, 0) is 68.3 Å². The maximum atomic E-state index is 14.0. The number of nitro benzene ring substituents is 1. The predicted molar refractivity (Wildman–Crippen MR) is 218 cm³/mol. The molecule has 2 aromatic rings. The highest BCUT2D eigenvalue weighted by Crippen LogP contribution is 2.27. The van der Waals surface area contributed by atoms with Gasteiger partial charge < -0.3 is 65.0 Å². The molecule has 0 aliphatic heterocycles. The van der Waals surface area contributed by atoms with Crippen LogP contribution in [0.1, 0.15) is 56.6 Å². The lowest BCUT2D eigenvalue weighted by Crippen LogP contribution is -2.58. The van der Waals surface area contributed by atoms with Gasteiger partial charge in [0.15, 0.2) is 11.7 Å². The molecular formula is C37H55N13O11. The number of primary amides is 1. The molecule has 0 unspecified atom stereocenters. The summed E-state index contributed by atoms with van der Waals surface area (Å²) >= 11 is 0. The highest BCUT2D eigenvalue weighted by molar-refractivity contribution is 5.96. The number of aliphatic hydroxyl groups excluding tert-OH is 1. The third-order valence-electron chi connectivity index (χ3n) is 8.86. The lowest BCUT2D eigenvalue weighted by molar-refractivity contribution is -0.385. The summed E-state index contributed by atoms with van der Waals surface area (Å²) in [5.41, 5.74) is 21.7. The van der Waals surface area contributed by atoms with Gasteiger partial charge in [0.05, 0.1) is 18.1 Å². The molecule has 1 aromatic heterocycles. The Kier molecular flexibility index (Phi) is 21.6. The van der Waals surface area contributed by atoms with E-state index in [9.17, 15) is 53.9 Å².